The van der Waals surface area contributed by atoms with Gasteiger partial charge in [-0.2, -0.15) is 0 Å². The van der Waals surface area contributed by atoms with Crippen LogP contribution in [0.5, 0.6) is 0 Å². The second-order valence-electron chi connectivity index (χ2n) is 4.95. The van der Waals surface area contributed by atoms with Gasteiger partial charge in [0.1, 0.15) is 0 Å². The molecule has 18 heavy (non-hydrogen) atoms. The predicted octanol–water partition coefficient (Wildman–Crippen LogP) is 2.77. The fraction of sp³-hybridized carbons (Fsp3) is 0.400. The molecule has 0 aromatic heterocycles. The van der Waals surface area contributed by atoms with E-state index in [0.717, 1.165) is 37.3 Å². The van der Waals surface area contributed by atoms with E-state index < -0.39 is 5.97 Å². The van der Waals surface area contributed by atoms with Crippen LogP contribution in [0.15, 0.2) is 30.3 Å². The molecule has 0 atom stereocenters. The number of carbonyl (C=O) groups is 1. The molecule has 2 rings (SSSR count). The van der Waals surface area contributed by atoms with Gasteiger partial charge in [-0.05, 0) is 48.8 Å². The SMILES string of the molecule is NC1CCC(c2ccc(/C=C\C(=O)O)cc2)CC1. The van der Waals surface area contributed by atoms with Crippen LogP contribution in [0.4, 0.5) is 0 Å². The number of carboxylic acid groups (broad SMARTS) is 1. The minimum atomic E-state index is -0.916. The maximum Gasteiger partial charge on any atom is 0.328 e. The van der Waals surface area contributed by atoms with E-state index in [2.05, 4.69) is 12.1 Å². The number of aliphatic carboxylic acids is 1. The molecule has 0 aliphatic heterocycles. The van der Waals surface area contributed by atoms with E-state index in [-0.39, 0.29) is 0 Å². The highest BCUT2D eigenvalue weighted by Gasteiger charge is 2.19. The molecule has 1 saturated carbocycles. The molecule has 3 heteroatoms. The summed E-state index contributed by atoms with van der Waals surface area (Å²) in [6.07, 6.45) is 7.30. The Morgan fingerprint density at radius 2 is 1.78 bits per heavy atom. The Labute approximate surface area is 107 Å². The van der Waals surface area contributed by atoms with Crippen molar-refractivity contribution in [2.24, 2.45) is 5.73 Å². The fourth-order valence-corrected chi connectivity index (χ4v) is 2.50. The first-order valence-corrected chi connectivity index (χ1v) is 6.41. The van der Waals surface area contributed by atoms with Gasteiger partial charge in [0.15, 0.2) is 0 Å². The predicted molar refractivity (Wildman–Crippen MR) is 72.3 cm³/mol. The second kappa shape index (κ2) is 5.83. The first-order chi connectivity index (χ1) is 8.65. The highest BCUT2D eigenvalue weighted by Crippen LogP contribution is 2.32. The van der Waals surface area contributed by atoms with E-state index >= 15 is 0 Å². The van der Waals surface area contributed by atoms with Crippen LogP contribution in [0.1, 0.15) is 42.7 Å². The number of nitrogens with two attached hydrogens (primary N) is 1. The van der Waals surface area contributed by atoms with E-state index in [0.29, 0.717) is 12.0 Å². The van der Waals surface area contributed by atoms with Gasteiger partial charge in [-0.15, -0.1) is 0 Å². The lowest BCUT2D eigenvalue weighted by atomic mass is 9.82. The summed E-state index contributed by atoms with van der Waals surface area (Å²) in [6.45, 7) is 0. The molecule has 0 saturated heterocycles. The highest BCUT2D eigenvalue weighted by atomic mass is 16.4. The van der Waals surface area contributed by atoms with Crippen molar-refractivity contribution in [1.82, 2.24) is 0 Å². The Bertz CT molecular complexity index is 428. The van der Waals surface area contributed by atoms with Gasteiger partial charge in [-0.25, -0.2) is 4.79 Å². The summed E-state index contributed by atoms with van der Waals surface area (Å²) in [7, 11) is 0. The molecule has 0 radical (unpaired) electrons. The number of hydrogen-bond acceptors (Lipinski definition) is 2. The summed E-state index contributed by atoms with van der Waals surface area (Å²) in [4.78, 5) is 10.4. The normalized spacial score (nSPS) is 24.3. The van der Waals surface area contributed by atoms with Crippen LogP contribution in [-0.2, 0) is 4.79 Å². The summed E-state index contributed by atoms with van der Waals surface area (Å²) >= 11 is 0. The molecular formula is C15H19NO2. The van der Waals surface area contributed by atoms with Gasteiger partial charge in [-0.1, -0.05) is 24.3 Å². The molecule has 1 aromatic carbocycles. The van der Waals surface area contributed by atoms with E-state index in [4.69, 9.17) is 10.8 Å². The van der Waals surface area contributed by atoms with Gasteiger partial charge in [0, 0.05) is 12.1 Å². The monoisotopic (exact) mass is 245 g/mol. The van der Waals surface area contributed by atoms with Crippen molar-refractivity contribution >= 4 is 12.0 Å². The van der Waals surface area contributed by atoms with Crippen molar-refractivity contribution in [2.75, 3.05) is 0 Å². The molecule has 3 nitrogen and oxygen atoms in total. The zero-order valence-corrected chi connectivity index (χ0v) is 10.4. The van der Waals surface area contributed by atoms with Crippen molar-refractivity contribution in [3.05, 3.63) is 41.5 Å². The number of benzene rings is 1. The van der Waals surface area contributed by atoms with Crippen LogP contribution in [0.2, 0.25) is 0 Å². The number of carboxylic acids is 1. The molecule has 1 aliphatic rings. The molecule has 0 heterocycles. The molecule has 3 N–H and O–H groups in total. The topological polar surface area (TPSA) is 63.3 Å². The first-order valence-electron chi connectivity index (χ1n) is 6.41. The van der Waals surface area contributed by atoms with Crippen molar-refractivity contribution in [2.45, 2.75) is 37.6 Å². The molecule has 96 valence electrons. The quantitative estimate of drug-likeness (QED) is 0.805. The third-order valence-electron chi connectivity index (χ3n) is 3.60. The van der Waals surface area contributed by atoms with Gasteiger partial charge in [-0.3, -0.25) is 0 Å². The van der Waals surface area contributed by atoms with Crippen LogP contribution in [0.3, 0.4) is 0 Å². The lowest BCUT2D eigenvalue weighted by Gasteiger charge is -2.26. The summed E-state index contributed by atoms with van der Waals surface area (Å²) in [5.41, 5.74) is 8.17. The lowest BCUT2D eigenvalue weighted by molar-refractivity contribution is -0.131. The average Bonchev–Trinajstić information content (AvgIpc) is 2.38. The van der Waals surface area contributed by atoms with Crippen LogP contribution < -0.4 is 5.73 Å². The minimum Gasteiger partial charge on any atom is -0.478 e. The van der Waals surface area contributed by atoms with Crippen molar-refractivity contribution in [1.29, 1.82) is 0 Å². The minimum absolute atomic E-state index is 0.374. The smallest absolute Gasteiger partial charge is 0.328 e. The standard InChI is InChI=1S/C15H19NO2/c16-14-8-6-13(7-9-14)12-4-1-11(2-5-12)3-10-15(17)18/h1-5,10,13-14H,6-9,16H2,(H,17,18)/b10-3-. The van der Waals surface area contributed by atoms with Crippen LogP contribution in [-0.4, -0.2) is 17.1 Å². The van der Waals surface area contributed by atoms with Crippen molar-refractivity contribution in [3.63, 3.8) is 0 Å². The molecular weight excluding hydrogens is 226 g/mol. The molecule has 0 unspecified atom stereocenters. The number of rotatable bonds is 3. The molecule has 1 aliphatic carbocycles. The van der Waals surface area contributed by atoms with Crippen LogP contribution >= 0.6 is 0 Å². The molecule has 0 amide bonds. The van der Waals surface area contributed by atoms with E-state index in [1.54, 1.807) is 6.08 Å². The second-order valence-corrected chi connectivity index (χ2v) is 4.95. The molecule has 1 fully saturated rings. The zero-order chi connectivity index (χ0) is 13.0. The van der Waals surface area contributed by atoms with Gasteiger partial charge in [0.05, 0.1) is 0 Å². The van der Waals surface area contributed by atoms with Gasteiger partial charge < -0.3 is 10.8 Å². The maximum absolute atomic E-state index is 10.4. The van der Waals surface area contributed by atoms with E-state index in [1.165, 1.54) is 5.56 Å². The first kappa shape index (κ1) is 12.8. The molecule has 1 aromatic rings. The Hall–Kier alpha value is -1.61. The summed E-state index contributed by atoms with van der Waals surface area (Å²) in [5, 5.41) is 8.56. The molecule has 0 spiro atoms. The fourth-order valence-electron chi connectivity index (χ4n) is 2.50. The Morgan fingerprint density at radius 1 is 1.17 bits per heavy atom. The highest BCUT2D eigenvalue weighted by molar-refractivity contribution is 5.85. The average molecular weight is 245 g/mol. The maximum atomic E-state index is 10.4. The third kappa shape index (κ3) is 3.44. The van der Waals surface area contributed by atoms with Gasteiger partial charge in [0.2, 0.25) is 0 Å². The largest absolute Gasteiger partial charge is 0.478 e. The lowest BCUT2D eigenvalue weighted by Crippen LogP contribution is -2.25. The molecule has 0 bridgehead atoms. The Balaban J connectivity index is 2.01. The van der Waals surface area contributed by atoms with Gasteiger partial charge >= 0.3 is 5.97 Å². The van der Waals surface area contributed by atoms with E-state index in [1.807, 2.05) is 12.1 Å². The van der Waals surface area contributed by atoms with Crippen LogP contribution in [0, 0.1) is 0 Å². The summed E-state index contributed by atoms with van der Waals surface area (Å²) in [5.74, 6) is -0.303. The Morgan fingerprint density at radius 3 is 2.33 bits per heavy atom. The zero-order valence-electron chi connectivity index (χ0n) is 10.4. The Kier molecular flexibility index (Phi) is 4.15. The third-order valence-corrected chi connectivity index (χ3v) is 3.60. The van der Waals surface area contributed by atoms with Gasteiger partial charge in [0.25, 0.3) is 0 Å². The van der Waals surface area contributed by atoms with E-state index in [9.17, 15) is 4.79 Å². The van der Waals surface area contributed by atoms with Crippen molar-refractivity contribution in [3.8, 4) is 0 Å². The van der Waals surface area contributed by atoms with Crippen LogP contribution in [0.25, 0.3) is 6.08 Å². The number of hydrogen-bond donors (Lipinski definition) is 2. The van der Waals surface area contributed by atoms with Crippen molar-refractivity contribution < 1.29 is 9.90 Å². The summed E-state index contributed by atoms with van der Waals surface area (Å²) < 4.78 is 0. The summed E-state index contributed by atoms with van der Waals surface area (Å²) in [6, 6.07) is 8.53.